The van der Waals surface area contributed by atoms with E-state index in [1.54, 1.807) is 12.3 Å². The summed E-state index contributed by atoms with van der Waals surface area (Å²) in [6.07, 6.45) is 5.31. The molecule has 2 aromatic heterocycles. The van der Waals surface area contributed by atoms with Gasteiger partial charge in [0, 0.05) is 37.9 Å². The first-order chi connectivity index (χ1) is 14.7. The number of carbonyl (C=O) groups is 2. The number of rotatable bonds is 3. The number of ether oxygens (including phenoxy) is 1. The fourth-order valence-corrected chi connectivity index (χ4v) is 4.93. The first-order valence-corrected chi connectivity index (χ1v) is 10.6. The van der Waals surface area contributed by atoms with Gasteiger partial charge in [0.25, 0.3) is 5.91 Å². The molecule has 158 valence electrons. The number of hydrogen-bond donors (Lipinski definition) is 3. The van der Waals surface area contributed by atoms with Crippen molar-refractivity contribution in [2.24, 2.45) is 11.8 Å². The number of aromatic amines is 1. The molecular formula is C21H26N6O3. The van der Waals surface area contributed by atoms with E-state index >= 15 is 0 Å². The lowest BCUT2D eigenvalue weighted by Gasteiger charge is -2.46. The first kappa shape index (κ1) is 19.0. The number of carbonyl (C=O) groups excluding carboxylic acids is 2. The molecule has 0 radical (unpaired) electrons. The predicted molar refractivity (Wildman–Crippen MR) is 108 cm³/mol. The lowest BCUT2D eigenvalue weighted by Crippen LogP contribution is -2.65. The molecule has 30 heavy (non-hydrogen) atoms. The summed E-state index contributed by atoms with van der Waals surface area (Å²) < 4.78 is 5.78. The van der Waals surface area contributed by atoms with E-state index in [9.17, 15) is 9.59 Å². The number of pyridine rings is 1. The highest BCUT2D eigenvalue weighted by molar-refractivity contribution is 5.93. The number of amides is 3. The Balaban J connectivity index is 1.22. The molecule has 0 bridgehead atoms. The Morgan fingerprint density at radius 3 is 2.80 bits per heavy atom. The molecule has 9 heteroatoms. The highest BCUT2D eigenvalue weighted by Crippen LogP contribution is 2.33. The van der Waals surface area contributed by atoms with Crippen LogP contribution in [0.15, 0.2) is 30.5 Å². The quantitative estimate of drug-likeness (QED) is 0.714. The van der Waals surface area contributed by atoms with E-state index in [1.165, 1.54) is 0 Å². The summed E-state index contributed by atoms with van der Waals surface area (Å²) in [6.45, 7) is 2.03. The van der Waals surface area contributed by atoms with E-state index in [4.69, 9.17) is 4.74 Å². The summed E-state index contributed by atoms with van der Waals surface area (Å²) in [4.78, 5) is 31.1. The first-order valence-electron chi connectivity index (χ1n) is 10.6. The fourth-order valence-electron chi connectivity index (χ4n) is 4.93. The van der Waals surface area contributed by atoms with Crippen LogP contribution in [0.1, 0.15) is 36.2 Å². The van der Waals surface area contributed by atoms with E-state index in [-0.39, 0.29) is 30.1 Å². The lowest BCUT2D eigenvalue weighted by molar-refractivity contribution is -0.0701. The maximum atomic E-state index is 12.9. The number of hydrogen-bond acceptors (Lipinski definition) is 5. The number of likely N-dealkylation sites (tertiary alicyclic amines) is 1. The van der Waals surface area contributed by atoms with Crippen molar-refractivity contribution in [3.8, 4) is 11.4 Å². The van der Waals surface area contributed by atoms with Crippen molar-refractivity contribution in [2.75, 3.05) is 19.7 Å². The monoisotopic (exact) mass is 410 g/mol. The molecule has 0 saturated carbocycles. The topological polar surface area (TPSA) is 112 Å². The van der Waals surface area contributed by atoms with Crippen molar-refractivity contribution >= 4 is 11.9 Å². The normalized spacial score (nSPS) is 27.1. The van der Waals surface area contributed by atoms with Crippen LogP contribution in [0.2, 0.25) is 0 Å². The van der Waals surface area contributed by atoms with E-state index < -0.39 is 0 Å². The van der Waals surface area contributed by atoms with Crippen LogP contribution in [-0.4, -0.2) is 64.0 Å². The van der Waals surface area contributed by atoms with Gasteiger partial charge in [0.05, 0.1) is 5.69 Å². The average Bonchev–Trinajstić information content (AvgIpc) is 3.29. The Morgan fingerprint density at radius 2 is 2.00 bits per heavy atom. The van der Waals surface area contributed by atoms with Crippen LogP contribution in [0.3, 0.4) is 0 Å². The van der Waals surface area contributed by atoms with Gasteiger partial charge < -0.3 is 20.3 Å². The minimum absolute atomic E-state index is 0.0450. The smallest absolute Gasteiger partial charge is 0.317 e. The minimum atomic E-state index is -0.188. The maximum absolute atomic E-state index is 12.9. The number of H-pyrrole nitrogens is 1. The molecule has 5 heterocycles. The maximum Gasteiger partial charge on any atom is 0.317 e. The van der Waals surface area contributed by atoms with Gasteiger partial charge in [-0.2, -0.15) is 5.10 Å². The van der Waals surface area contributed by atoms with Crippen LogP contribution in [0.4, 0.5) is 4.79 Å². The van der Waals surface area contributed by atoms with Crippen LogP contribution in [0, 0.1) is 11.8 Å². The van der Waals surface area contributed by atoms with Gasteiger partial charge in [-0.3, -0.25) is 14.9 Å². The number of fused-ring (bicyclic) bond motifs is 1. The third kappa shape index (κ3) is 3.65. The third-order valence-corrected chi connectivity index (χ3v) is 6.47. The van der Waals surface area contributed by atoms with Gasteiger partial charge in [-0.15, -0.1) is 0 Å². The third-order valence-electron chi connectivity index (χ3n) is 6.47. The summed E-state index contributed by atoms with van der Waals surface area (Å²) in [5.74, 6) is 0.591. The predicted octanol–water partition coefficient (Wildman–Crippen LogP) is 1.76. The minimum Gasteiger partial charge on any atom is -0.358 e. The van der Waals surface area contributed by atoms with Gasteiger partial charge in [-0.25, -0.2) is 4.79 Å². The molecule has 2 aromatic rings. The Kier molecular flexibility index (Phi) is 5.12. The molecule has 3 saturated heterocycles. The standard InChI is InChI=1S/C21H26N6O3/c28-20(17-12-16(25-26-17)15-5-1-2-8-22-15)27-9-6-13(7-10-27)18-14-4-3-11-30-19(14)24-21(29)23-18/h1-2,5,8,12-14,18-19H,3-4,6-7,9-11H2,(H,25,26)(H2,23,24,29)/t14-,18-,19-/m0/s1. The van der Waals surface area contributed by atoms with Gasteiger partial charge in [0.15, 0.2) is 0 Å². The molecule has 5 rings (SSSR count). The van der Waals surface area contributed by atoms with Crippen LogP contribution in [0.25, 0.3) is 11.4 Å². The molecule has 3 aliphatic heterocycles. The Bertz CT molecular complexity index is 908. The van der Waals surface area contributed by atoms with Gasteiger partial charge >= 0.3 is 6.03 Å². The molecule has 0 unspecified atom stereocenters. The Hall–Kier alpha value is -2.94. The van der Waals surface area contributed by atoms with Crippen LogP contribution < -0.4 is 10.6 Å². The molecule has 3 fully saturated rings. The van der Waals surface area contributed by atoms with Gasteiger partial charge in [-0.1, -0.05) is 6.07 Å². The van der Waals surface area contributed by atoms with Crippen molar-refractivity contribution in [3.05, 3.63) is 36.2 Å². The fraction of sp³-hybridized carbons (Fsp3) is 0.524. The van der Waals surface area contributed by atoms with Crippen molar-refractivity contribution in [1.82, 2.24) is 30.7 Å². The van der Waals surface area contributed by atoms with Crippen molar-refractivity contribution in [2.45, 2.75) is 38.0 Å². The van der Waals surface area contributed by atoms with Gasteiger partial charge in [0.1, 0.15) is 17.6 Å². The number of nitrogens with zero attached hydrogens (tertiary/aromatic N) is 3. The zero-order valence-corrected chi connectivity index (χ0v) is 16.7. The average molecular weight is 410 g/mol. The summed E-state index contributed by atoms with van der Waals surface area (Å²) >= 11 is 0. The second-order valence-electron chi connectivity index (χ2n) is 8.25. The van der Waals surface area contributed by atoms with Crippen LogP contribution >= 0.6 is 0 Å². The van der Waals surface area contributed by atoms with E-state index in [0.717, 1.165) is 31.4 Å². The Morgan fingerprint density at radius 1 is 1.13 bits per heavy atom. The molecule has 0 aromatic carbocycles. The molecule has 9 nitrogen and oxygen atoms in total. The molecule has 3 atom stereocenters. The summed E-state index contributed by atoms with van der Waals surface area (Å²) in [5.41, 5.74) is 1.87. The van der Waals surface area contributed by atoms with Crippen molar-refractivity contribution < 1.29 is 14.3 Å². The molecule has 0 aliphatic carbocycles. The summed E-state index contributed by atoms with van der Waals surface area (Å²) in [7, 11) is 0. The number of piperidine rings is 1. The summed E-state index contributed by atoms with van der Waals surface area (Å²) in [6, 6.07) is 7.31. The molecule has 3 N–H and O–H groups in total. The zero-order chi connectivity index (χ0) is 20.5. The van der Waals surface area contributed by atoms with E-state index in [1.807, 2.05) is 23.1 Å². The van der Waals surface area contributed by atoms with Crippen LogP contribution in [-0.2, 0) is 4.74 Å². The molecular weight excluding hydrogens is 384 g/mol. The second-order valence-corrected chi connectivity index (χ2v) is 8.25. The highest BCUT2D eigenvalue weighted by atomic mass is 16.5. The SMILES string of the molecule is O=C1N[C@H]2OCCC[C@H]2[C@H](C2CCN(C(=O)c3cc(-c4ccccn4)n[nH]3)CC2)N1. The van der Waals surface area contributed by atoms with E-state index in [0.29, 0.717) is 37.0 Å². The zero-order valence-electron chi connectivity index (χ0n) is 16.7. The lowest BCUT2D eigenvalue weighted by atomic mass is 9.77. The molecule has 3 amide bonds. The highest BCUT2D eigenvalue weighted by Gasteiger charge is 2.43. The van der Waals surface area contributed by atoms with Crippen LogP contribution in [0.5, 0.6) is 0 Å². The summed E-state index contributed by atoms with van der Waals surface area (Å²) in [5, 5.41) is 13.1. The molecule has 0 spiro atoms. The molecule has 3 aliphatic rings. The van der Waals surface area contributed by atoms with Gasteiger partial charge in [0.2, 0.25) is 0 Å². The Labute approximate surface area is 174 Å². The van der Waals surface area contributed by atoms with Crippen molar-refractivity contribution in [1.29, 1.82) is 0 Å². The van der Waals surface area contributed by atoms with Crippen molar-refractivity contribution in [3.63, 3.8) is 0 Å². The largest absolute Gasteiger partial charge is 0.358 e. The number of nitrogens with one attached hydrogen (secondary N) is 3. The van der Waals surface area contributed by atoms with E-state index in [2.05, 4.69) is 25.8 Å². The second kappa shape index (κ2) is 8.06. The number of aromatic nitrogens is 3. The number of urea groups is 1. The van der Waals surface area contributed by atoms with Gasteiger partial charge in [-0.05, 0) is 49.8 Å².